The van der Waals surface area contributed by atoms with Crippen molar-refractivity contribution in [3.05, 3.63) is 24.3 Å². The second-order valence-corrected chi connectivity index (χ2v) is 3.19. The summed E-state index contributed by atoms with van der Waals surface area (Å²) in [5.41, 5.74) is 1.27. The predicted molar refractivity (Wildman–Crippen MR) is 58.7 cm³/mol. The number of nitrogens with one attached hydrogen (secondary N) is 1. The van der Waals surface area contributed by atoms with Crippen LogP contribution in [0.1, 0.15) is 5.56 Å². The third-order valence-electron chi connectivity index (χ3n) is 2.28. The maximum Gasteiger partial charge on any atom is 0.417 e. The molecule has 1 aliphatic rings. The van der Waals surface area contributed by atoms with Crippen molar-refractivity contribution in [2.24, 2.45) is 0 Å². The Labute approximate surface area is 92.6 Å². The average Bonchev–Trinajstić information content (AvgIpc) is 2.27. The van der Waals surface area contributed by atoms with Gasteiger partial charge in [0.15, 0.2) is 11.5 Å². The van der Waals surface area contributed by atoms with Crippen molar-refractivity contribution < 1.29 is 19.0 Å². The summed E-state index contributed by atoms with van der Waals surface area (Å²) < 4.78 is 15.1. The molecule has 0 spiro atoms. The molecule has 1 heterocycles. The summed E-state index contributed by atoms with van der Waals surface area (Å²) in [6.07, 6.45) is -0.551. The van der Waals surface area contributed by atoms with Gasteiger partial charge >= 0.3 is 6.09 Å². The van der Waals surface area contributed by atoms with Gasteiger partial charge in [-0.25, -0.2) is 4.79 Å². The highest BCUT2D eigenvalue weighted by Crippen LogP contribution is 2.38. The Morgan fingerprint density at radius 1 is 1.25 bits per heavy atom. The number of ether oxygens (including phenoxy) is 3. The first kappa shape index (κ1) is 10.4. The topological polar surface area (TPSA) is 56.8 Å². The molecule has 0 radical (unpaired) electrons. The summed E-state index contributed by atoms with van der Waals surface area (Å²) in [6.45, 7) is 3.66. The maximum absolute atomic E-state index is 11.1. The van der Waals surface area contributed by atoms with Crippen molar-refractivity contribution in [2.45, 2.75) is 0 Å². The fourth-order valence-corrected chi connectivity index (χ4v) is 1.52. The zero-order valence-electron chi connectivity index (χ0n) is 8.99. The van der Waals surface area contributed by atoms with Crippen LogP contribution >= 0.6 is 0 Å². The molecule has 1 aromatic rings. The van der Waals surface area contributed by atoms with Crippen molar-refractivity contribution >= 4 is 17.5 Å². The molecule has 5 nitrogen and oxygen atoms in total. The van der Waals surface area contributed by atoms with Gasteiger partial charge in [-0.3, -0.25) is 5.32 Å². The van der Waals surface area contributed by atoms with E-state index in [4.69, 9.17) is 14.2 Å². The van der Waals surface area contributed by atoms with E-state index in [-0.39, 0.29) is 0 Å². The van der Waals surface area contributed by atoms with Crippen LogP contribution in [0, 0.1) is 0 Å². The van der Waals surface area contributed by atoms with Crippen LogP contribution in [0.2, 0.25) is 0 Å². The highest BCUT2D eigenvalue weighted by molar-refractivity contribution is 5.97. The molecule has 2 rings (SSSR count). The molecule has 84 valence electrons. The van der Waals surface area contributed by atoms with Gasteiger partial charge in [0.05, 0.1) is 19.9 Å². The van der Waals surface area contributed by atoms with Crippen molar-refractivity contribution in [3.63, 3.8) is 0 Å². The lowest BCUT2D eigenvalue weighted by molar-refractivity contribution is 0.205. The minimum Gasteiger partial charge on any atom is -0.493 e. The van der Waals surface area contributed by atoms with E-state index >= 15 is 0 Å². The van der Waals surface area contributed by atoms with Crippen LogP contribution in [-0.4, -0.2) is 20.3 Å². The van der Waals surface area contributed by atoms with Crippen molar-refractivity contribution in [1.29, 1.82) is 0 Å². The quantitative estimate of drug-likeness (QED) is 0.832. The van der Waals surface area contributed by atoms with Gasteiger partial charge in [0.2, 0.25) is 0 Å². The largest absolute Gasteiger partial charge is 0.493 e. The summed E-state index contributed by atoms with van der Waals surface area (Å²) in [5, 5.41) is 2.56. The Bertz CT molecular complexity index is 467. The molecule has 0 saturated carbocycles. The number of cyclic esters (lactones) is 1. The number of carbonyl (C=O) groups is 1. The minimum atomic E-state index is -0.551. The zero-order valence-corrected chi connectivity index (χ0v) is 8.99. The monoisotopic (exact) mass is 221 g/mol. The van der Waals surface area contributed by atoms with Gasteiger partial charge in [0, 0.05) is 11.6 Å². The molecule has 0 saturated heterocycles. The van der Waals surface area contributed by atoms with Crippen molar-refractivity contribution in [2.75, 3.05) is 19.5 Å². The van der Waals surface area contributed by atoms with Crippen LogP contribution in [0.3, 0.4) is 0 Å². The van der Waals surface area contributed by atoms with E-state index in [0.29, 0.717) is 28.5 Å². The van der Waals surface area contributed by atoms with Crippen LogP contribution in [0.5, 0.6) is 11.5 Å². The highest BCUT2D eigenvalue weighted by Gasteiger charge is 2.22. The molecule has 0 unspecified atom stereocenters. The van der Waals surface area contributed by atoms with E-state index in [1.165, 1.54) is 14.2 Å². The smallest absolute Gasteiger partial charge is 0.417 e. The molecular weight excluding hydrogens is 210 g/mol. The lowest BCUT2D eigenvalue weighted by Gasteiger charge is -2.20. The van der Waals surface area contributed by atoms with Gasteiger partial charge < -0.3 is 14.2 Å². The molecular formula is C11H11NO4. The summed E-state index contributed by atoms with van der Waals surface area (Å²) >= 11 is 0. The first-order valence-corrected chi connectivity index (χ1v) is 4.60. The van der Waals surface area contributed by atoms with Gasteiger partial charge in [-0.2, -0.15) is 0 Å². The van der Waals surface area contributed by atoms with Gasteiger partial charge in [-0.15, -0.1) is 0 Å². The lowest BCUT2D eigenvalue weighted by Crippen LogP contribution is -2.19. The molecule has 0 fully saturated rings. The van der Waals surface area contributed by atoms with Crippen LogP contribution in [0.25, 0.3) is 5.76 Å². The zero-order chi connectivity index (χ0) is 11.7. The third-order valence-corrected chi connectivity index (χ3v) is 2.28. The van der Waals surface area contributed by atoms with E-state index in [1.54, 1.807) is 12.1 Å². The Morgan fingerprint density at radius 3 is 2.50 bits per heavy atom. The van der Waals surface area contributed by atoms with Crippen LogP contribution in [-0.2, 0) is 4.74 Å². The van der Waals surface area contributed by atoms with Crippen LogP contribution < -0.4 is 14.8 Å². The molecule has 1 N–H and O–H groups in total. The number of anilines is 1. The normalized spacial score (nSPS) is 13.6. The number of methoxy groups -OCH3 is 2. The molecule has 16 heavy (non-hydrogen) atoms. The standard InChI is InChI=1S/C11H11NO4/c1-6-7-4-9(14-2)10(15-3)5-8(7)12-11(13)16-6/h4-5H,1H2,2-3H3,(H,12,13). The summed E-state index contributed by atoms with van der Waals surface area (Å²) in [4.78, 5) is 11.1. The number of fused-ring (bicyclic) bond motifs is 1. The Morgan fingerprint density at radius 2 is 1.88 bits per heavy atom. The minimum absolute atomic E-state index is 0.291. The van der Waals surface area contributed by atoms with Crippen LogP contribution in [0.15, 0.2) is 18.7 Å². The second kappa shape index (κ2) is 3.77. The van der Waals surface area contributed by atoms with Gasteiger partial charge in [-0.1, -0.05) is 6.58 Å². The van der Waals surface area contributed by atoms with Gasteiger partial charge in [-0.05, 0) is 6.07 Å². The summed E-state index contributed by atoms with van der Waals surface area (Å²) in [5.74, 6) is 1.39. The SMILES string of the molecule is C=C1OC(=O)Nc2cc(OC)c(OC)cc21. The molecule has 1 aliphatic heterocycles. The molecule has 1 aromatic carbocycles. The molecule has 0 bridgehead atoms. The van der Waals surface area contributed by atoms with Gasteiger partial charge in [0.1, 0.15) is 5.76 Å². The Balaban J connectivity index is 2.56. The number of hydrogen-bond donors (Lipinski definition) is 1. The van der Waals surface area contributed by atoms with E-state index in [9.17, 15) is 4.79 Å². The number of rotatable bonds is 2. The summed E-state index contributed by atoms with van der Waals surface area (Å²) in [7, 11) is 3.06. The first-order valence-electron chi connectivity index (χ1n) is 4.60. The van der Waals surface area contributed by atoms with Crippen molar-refractivity contribution in [3.8, 4) is 11.5 Å². The van der Waals surface area contributed by atoms with E-state index in [0.717, 1.165) is 0 Å². The number of carbonyl (C=O) groups excluding carboxylic acids is 1. The fraction of sp³-hybridized carbons (Fsp3) is 0.182. The number of benzene rings is 1. The van der Waals surface area contributed by atoms with Crippen LogP contribution in [0.4, 0.5) is 10.5 Å². The molecule has 5 heteroatoms. The van der Waals surface area contributed by atoms with Crippen molar-refractivity contribution in [1.82, 2.24) is 0 Å². The molecule has 1 amide bonds. The van der Waals surface area contributed by atoms with E-state index < -0.39 is 6.09 Å². The lowest BCUT2D eigenvalue weighted by atomic mass is 10.1. The van der Waals surface area contributed by atoms with E-state index in [2.05, 4.69) is 11.9 Å². The average molecular weight is 221 g/mol. The molecule has 0 atom stereocenters. The summed E-state index contributed by atoms with van der Waals surface area (Å²) in [6, 6.07) is 3.37. The van der Waals surface area contributed by atoms with E-state index in [1.807, 2.05) is 0 Å². The highest BCUT2D eigenvalue weighted by atomic mass is 16.6. The third kappa shape index (κ3) is 1.56. The predicted octanol–water partition coefficient (Wildman–Crippen LogP) is 2.24. The Hall–Kier alpha value is -2.17. The second-order valence-electron chi connectivity index (χ2n) is 3.19. The molecule has 0 aliphatic carbocycles. The Kier molecular flexibility index (Phi) is 2.44. The maximum atomic E-state index is 11.1. The first-order chi connectivity index (χ1) is 7.65. The fourth-order valence-electron chi connectivity index (χ4n) is 1.52. The molecule has 0 aromatic heterocycles. The number of hydrogen-bond acceptors (Lipinski definition) is 4. The van der Waals surface area contributed by atoms with Gasteiger partial charge in [0.25, 0.3) is 0 Å². The number of amides is 1.